The number of carbonyl (C=O) groups is 2. The van der Waals surface area contributed by atoms with Crippen LogP contribution < -0.4 is 9.62 Å². The van der Waals surface area contributed by atoms with E-state index in [4.69, 9.17) is 11.6 Å². The molecule has 1 atom stereocenters. The third-order valence-electron chi connectivity index (χ3n) is 4.83. The lowest BCUT2D eigenvalue weighted by Crippen LogP contribution is -2.52. The lowest BCUT2D eigenvalue weighted by atomic mass is 10.1. The summed E-state index contributed by atoms with van der Waals surface area (Å²) in [4.78, 5) is 27.4. The highest BCUT2D eigenvalue weighted by atomic mass is 35.5. The minimum Gasteiger partial charge on any atom is -0.352 e. The van der Waals surface area contributed by atoms with E-state index in [1.165, 1.54) is 4.90 Å². The summed E-state index contributed by atoms with van der Waals surface area (Å²) in [5, 5.41) is 3.37. The quantitative estimate of drug-likeness (QED) is 0.597. The van der Waals surface area contributed by atoms with Crippen molar-refractivity contribution in [2.75, 3.05) is 17.1 Å². The maximum Gasteiger partial charge on any atom is 0.244 e. The zero-order valence-electron chi connectivity index (χ0n) is 19.0. The molecule has 32 heavy (non-hydrogen) atoms. The van der Waals surface area contributed by atoms with E-state index in [1.54, 1.807) is 49.4 Å². The number of aryl methyl sites for hydroxylation is 1. The van der Waals surface area contributed by atoms with Crippen molar-refractivity contribution in [2.24, 2.45) is 0 Å². The lowest BCUT2D eigenvalue weighted by Gasteiger charge is -2.32. The van der Waals surface area contributed by atoms with Crippen LogP contribution in [0.3, 0.4) is 0 Å². The van der Waals surface area contributed by atoms with Crippen LogP contribution in [-0.4, -0.2) is 50.0 Å². The third-order valence-corrected chi connectivity index (χ3v) is 6.23. The van der Waals surface area contributed by atoms with Gasteiger partial charge in [-0.3, -0.25) is 13.9 Å². The molecule has 0 spiro atoms. The molecule has 0 bridgehead atoms. The molecule has 174 valence electrons. The summed E-state index contributed by atoms with van der Waals surface area (Å²) in [5.74, 6) is -0.804. The van der Waals surface area contributed by atoms with Gasteiger partial charge in [-0.2, -0.15) is 0 Å². The predicted molar refractivity (Wildman–Crippen MR) is 128 cm³/mol. The van der Waals surface area contributed by atoms with Gasteiger partial charge in [0.05, 0.1) is 11.9 Å². The summed E-state index contributed by atoms with van der Waals surface area (Å²) in [6.07, 6.45) is 1.06. The maximum atomic E-state index is 13.4. The van der Waals surface area contributed by atoms with E-state index in [0.717, 1.165) is 21.7 Å². The average Bonchev–Trinajstić information content (AvgIpc) is 2.69. The topological polar surface area (TPSA) is 86.8 Å². The fourth-order valence-corrected chi connectivity index (χ4v) is 4.14. The summed E-state index contributed by atoms with van der Waals surface area (Å²) >= 11 is 5.96. The first-order chi connectivity index (χ1) is 14.9. The van der Waals surface area contributed by atoms with Crippen molar-refractivity contribution < 1.29 is 18.0 Å². The van der Waals surface area contributed by atoms with Gasteiger partial charge in [-0.1, -0.05) is 35.9 Å². The number of sulfonamides is 1. The first-order valence-corrected chi connectivity index (χ1v) is 12.5. The highest BCUT2D eigenvalue weighted by molar-refractivity contribution is 7.92. The summed E-state index contributed by atoms with van der Waals surface area (Å²) in [6.45, 7) is 6.85. The molecular weight excluding hydrogens is 450 g/mol. The van der Waals surface area contributed by atoms with Crippen LogP contribution >= 0.6 is 11.6 Å². The molecule has 0 saturated heterocycles. The molecule has 0 aliphatic carbocycles. The van der Waals surface area contributed by atoms with Crippen LogP contribution in [0, 0.1) is 6.92 Å². The molecule has 0 aliphatic rings. The molecule has 2 rings (SSSR count). The maximum absolute atomic E-state index is 13.4. The molecule has 2 aromatic rings. The van der Waals surface area contributed by atoms with Gasteiger partial charge >= 0.3 is 0 Å². The molecule has 0 heterocycles. The zero-order chi connectivity index (χ0) is 24.1. The second kappa shape index (κ2) is 10.8. The van der Waals surface area contributed by atoms with Crippen LogP contribution in [0.25, 0.3) is 0 Å². The second-order valence-electron chi connectivity index (χ2n) is 8.10. The Hall–Kier alpha value is -2.58. The minimum absolute atomic E-state index is 0.0998. The number of nitrogens with one attached hydrogen (secondary N) is 1. The van der Waals surface area contributed by atoms with E-state index in [9.17, 15) is 18.0 Å². The van der Waals surface area contributed by atoms with Crippen LogP contribution in [0.4, 0.5) is 5.69 Å². The first-order valence-electron chi connectivity index (χ1n) is 10.3. The van der Waals surface area contributed by atoms with Crippen molar-refractivity contribution in [2.45, 2.75) is 46.3 Å². The highest BCUT2D eigenvalue weighted by Crippen LogP contribution is 2.20. The Morgan fingerprint density at radius 2 is 1.69 bits per heavy atom. The van der Waals surface area contributed by atoms with Gasteiger partial charge < -0.3 is 10.2 Å². The van der Waals surface area contributed by atoms with Crippen LogP contribution in [-0.2, 0) is 26.2 Å². The van der Waals surface area contributed by atoms with Crippen molar-refractivity contribution >= 4 is 39.1 Å². The van der Waals surface area contributed by atoms with Crippen molar-refractivity contribution in [1.29, 1.82) is 0 Å². The van der Waals surface area contributed by atoms with Gasteiger partial charge in [-0.25, -0.2) is 8.42 Å². The molecule has 0 radical (unpaired) electrons. The molecule has 7 nitrogen and oxygen atoms in total. The Morgan fingerprint density at radius 1 is 1.06 bits per heavy atom. The number of amides is 2. The molecule has 2 aromatic carbocycles. The Kier molecular flexibility index (Phi) is 8.69. The van der Waals surface area contributed by atoms with Gasteiger partial charge in [0, 0.05) is 17.6 Å². The number of benzene rings is 2. The Labute approximate surface area is 195 Å². The molecule has 0 aromatic heterocycles. The molecule has 0 fully saturated rings. The van der Waals surface area contributed by atoms with E-state index in [2.05, 4.69) is 5.32 Å². The van der Waals surface area contributed by atoms with Crippen LogP contribution in [0.1, 0.15) is 31.9 Å². The largest absolute Gasteiger partial charge is 0.352 e. The standard InChI is InChI=1S/C23H30ClN3O4S/c1-16(2)25-23(29)18(4)26(14-19-9-11-20(24)12-10-19)22(28)15-27(32(5,30)31)21-8-6-7-17(3)13-21/h6-13,16,18H,14-15H2,1-5H3,(H,25,29)/t18-/m0/s1. The minimum atomic E-state index is -3.74. The predicted octanol–water partition coefficient (Wildman–Crippen LogP) is 3.36. The van der Waals surface area contributed by atoms with Gasteiger partial charge in [0.15, 0.2) is 0 Å². The Bertz CT molecular complexity index is 1060. The second-order valence-corrected chi connectivity index (χ2v) is 10.4. The monoisotopic (exact) mass is 479 g/mol. The summed E-state index contributed by atoms with van der Waals surface area (Å²) in [6, 6.07) is 13.0. The molecule has 0 saturated carbocycles. The van der Waals surface area contributed by atoms with E-state index in [1.807, 2.05) is 26.8 Å². The van der Waals surface area contributed by atoms with Crippen molar-refractivity contribution in [3.8, 4) is 0 Å². The van der Waals surface area contributed by atoms with Gasteiger partial charge in [-0.05, 0) is 63.1 Å². The summed E-state index contributed by atoms with van der Waals surface area (Å²) in [7, 11) is -3.74. The Balaban J connectivity index is 2.38. The normalized spacial score (nSPS) is 12.3. The van der Waals surface area contributed by atoms with Gasteiger partial charge in [0.2, 0.25) is 21.8 Å². The van der Waals surface area contributed by atoms with Crippen LogP contribution in [0.15, 0.2) is 48.5 Å². The van der Waals surface area contributed by atoms with Gasteiger partial charge in [0.25, 0.3) is 0 Å². The number of hydrogen-bond acceptors (Lipinski definition) is 4. The van der Waals surface area contributed by atoms with Crippen molar-refractivity contribution in [1.82, 2.24) is 10.2 Å². The molecule has 2 amide bonds. The SMILES string of the molecule is Cc1cccc(N(CC(=O)N(Cc2ccc(Cl)cc2)[C@@H](C)C(=O)NC(C)C)S(C)(=O)=O)c1. The zero-order valence-corrected chi connectivity index (χ0v) is 20.6. The number of nitrogens with zero attached hydrogens (tertiary/aromatic N) is 2. The van der Waals surface area contributed by atoms with Crippen LogP contribution in [0.2, 0.25) is 5.02 Å². The molecule has 0 aliphatic heterocycles. The summed E-state index contributed by atoms with van der Waals surface area (Å²) < 4.78 is 26.1. The molecular formula is C23H30ClN3O4S. The van der Waals surface area contributed by atoms with E-state index >= 15 is 0 Å². The van der Waals surface area contributed by atoms with Crippen molar-refractivity contribution in [3.05, 3.63) is 64.7 Å². The summed E-state index contributed by atoms with van der Waals surface area (Å²) in [5.41, 5.74) is 2.03. The number of anilines is 1. The third kappa shape index (κ3) is 7.24. The van der Waals surface area contributed by atoms with Gasteiger partial charge in [-0.15, -0.1) is 0 Å². The number of hydrogen-bond donors (Lipinski definition) is 1. The fraction of sp³-hybridized carbons (Fsp3) is 0.391. The van der Waals surface area contributed by atoms with Crippen molar-refractivity contribution in [3.63, 3.8) is 0 Å². The Morgan fingerprint density at radius 3 is 2.22 bits per heavy atom. The molecule has 0 unspecified atom stereocenters. The average molecular weight is 480 g/mol. The first kappa shape index (κ1) is 25.7. The number of rotatable bonds is 9. The fourth-order valence-electron chi connectivity index (χ4n) is 3.17. The van der Waals surface area contributed by atoms with E-state index in [0.29, 0.717) is 10.7 Å². The van der Waals surface area contributed by atoms with E-state index in [-0.39, 0.29) is 18.5 Å². The number of halogens is 1. The molecule has 1 N–H and O–H groups in total. The molecule has 9 heteroatoms. The lowest BCUT2D eigenvalue weighted by molar-refractivity contribution is -0.139. The van der Waals surface area contributed by atoms with Gasteiger partial charge in [0.1, 0.15) is 12.6 Å². The number of carbonyl (C=O) groups excluding carboxylic acids is 2. The van der Waals surface area contributed by atoms with E-state index < -0.39 is 28.5 Å². The van der Waals surface area contributed by atoms with Crippen LogP contribution in [0.5, 0.6) is 0 Å². The highest BCUT2D eigenvalue weighted by Gasteiger charge is 2.30. The smallest absolute Gasteiger partial charge is 0.244 e.